The van der Waals surface area contributed by atoms with Crippen LogP contribution in [0.2, 0.25) is 0 Å². The second kappa shape index (κ2) is 7.74. The van der Waals surface area contributed by atoms with E-state index in [0.29, 0.717) is 54.5 Å². The van der Waals surface area contributed by atoms with Crippen molar-refractivity contribution in [3.63, 3.8) is 0 Å². The number of hydrogen-bond donors (Lipinski definition) is 0. The Morgan fingerprint density at radius 2 is 1.86 bits per heavy atom. The molecule has 1 aliphatic carbocycles. The Hall–Kier alpha value is -2.69. The molecule has 5 nitrogen and oxygen atoms in total. The number of rotatable bonds is 6. The monoisotopic (exact) mass is 381 g/mol. The molecule has 2 aliphatic rings. The number of fused-ring (bicyclic) bond motifs is 1. The maximum atomic E-state index is 13.3. The number of nitrogens with zero attached hydrogens (tertiary/aromatic N) is 1. The van der Waals surface area contributed by atoms with Gasteiger partial charge in [-0.2, -0.15) is 0 Å². The van der Waals surface area contributed by atoms with E-state index in [1.54, 1.807) is 19.2 Å². The van der Waals surface area contributed by atoms with Gasteiger partial charge in [-0.25, -0.2) is 0 Å². The van der Waals surface area contributed by atoms with Gasteiger partial charge in [0.2, 0.25) is 5.75 Å². The van der Waals surface area contributed by atoms with Gasteiger partial charge in [-0.3, -0.25) is 4.79 Å². The number of carbonyl (C=O) groups excluding carboxylic acids is 1. The quantitative estimate of drug-likeness (QED) is 0.744. The Labute approximate surface area is 166 Å². The van der Waals surface area contributed by atoms with Gasteiger partial charge in [-0.05, 0) is 42.0 Å². The number of carbonyl (C=O) groups is 1. The summed E-state index contributed by atoms with van der Waals surface area (Å²) in [6, 6.07) is 12.4. The van der Waals surface area contributed by atoms with Crippen molar-refractivity contribution in [1.82, 2.24) is 4.90 Å². The molecular formula is C23H27NO4. The van der Waals surface area contributed by atoms with E-state index < -0.39 is 0 Å². The fourth-order valence-corrected chi connectivity index (χ4v) is 3.52. The minimum atomic E-state index is 0.00529. The van der Waals surface area contributed by atoms with E-state index in [0.717, 1.165) is 18.4 Å². The average Bonchev–Trinajstić information content (AvgIpc) is 3.56. The van der Waals surface area contributed by atoms with E-state index in [1.165, 1.54) is 5.56 Å². The minimum Gasteiger partial charge on any atom is -0.493 e. The van der Waals surface area contributed by atoms with E-state index in [2.05, 4.69) is 38.1 Å². The maximum Gasteiger partial charge on any atom is 0.254 e. The third kappa shape index (κ3) is 3.79. The smallest absolute Gasteiger partial charge is 0.254 e. The third-order valence-corrected chi connectivity index (χ3v) is 5.32. The van der Waals surface area contributed by atoms with E-state index in [1.807, 2.05) is 4.90 Å². The van der Waals surface area contributed by atoms with Crippen LogP contribution in [0.3, 0.4) is 0 Å². The van der Waals surface area contributed by atoms with Gasteiger partial charge in [-0.1, -0.05) is 38.1 Å². The number of methoxy groups -OCH3 is 1. The molecule has 4 rings (SSSR count). The molecule has 0 bridgehead atoms. The molecule has 148 valence electrons. The molecule has 0 saturated heterocycles. The Bertz CT molecular complexity index is 838. The molecule has 2 aromatic carbocycles. The van der Waals surface area contributed by atoms with Gasteiger partial charge >= 0.3 is 0 Å². The van der Waals surface area contributed by atoms with Gasteiger partial charge in [-0.15, -0.1) is 0 Å². The highest BCUT2D eigenvalue weighted by molar-refractivity contribution is 5.96. The second-order valence-corrected chi connectivity index (χ2v) is 7.76. The molecule has 1 aliphatic heterocycles. The molecule has 0 unspecified atom stereocenters. The first-order chi connectivity index (χ1) is 13.6. The van der Waals surface area contributed by atoms with Crippen LogP contribution in [-0.2, 0) is 6.54 Å². The van der Waals surface area contributed by atoms with Gasteiger partial charge in [0.25, 0.3) is 5.91 Å². The van der Waals surface area contributed by atoms with Crippen LogP contribution >= 0.6 is 0 Å². The van der Waals surface area contributed by atoms with Crippen LogP contribution < -0.4 is 14.2 Å². The van der Waals surface area contributed by atoms with Crippen LogP contribution in [-0.4, -0.2) is 37.2 Å². The van der Waals surface area contributed by atoms with Crippen molar-refractivity contribution in [2.24, 2.45) is 0 Å². The van der Waals surface area contributed by atoms with E-state index in [9.17, 15) is 4.79 Å². The summed E-state index contributed by atoms with van der Waals surface area (Å²) < 4.78 is 16.8. The second-order valence-electron chi connectivity index (χ2n) is 7.76. The Morgan fingerprint density at radius 3 is 2.50 bits per heavy atom. The highest BCUT2D eigenvalue weighted by atomic mass is 16.6. The number of ether oxygens (including phenoxy) is 3. The van der Waals surface area contributed by atoms with E-state index >= 15 is 0 Å². The SMILES string of the molecule is COc1cc(C(=O)N(Cc2ccc(C(C)C)cc2)C2CC2)cc2c1OCCO2. The number of benzene rings is 2. The lowest BCUT2D eigenvalue weighted by Crippen LogP contribution is -2.32. The fraction of sp³-hybridized carbons (Fsp3) is 0.435. The first-order valence-corrected chi connectivity index (χ1v) is 9.94. The third-order valence-electron chi connectivity index (χ3n) is 5.32. The predicted octanol–water partition coefficient (Wildman–Crippen LogP) is 4.39. The number of hydrogen-bond acceptors (Lipinski definition) is 4. The molecule has 0 N–H and O–H groups in total. The van der Waals surface area contributed by atoms with Crippen molar-refractivity contribution in [2.75, 3.05) is 20.3 Å². The van der Waals surface area contributed by atoms with Crippen LogP contribution in [0.25, 0.3) is 0 Å². The van der Waals surface area contributed by atoms with E-state index in [4.69, 9.17) is 14.2 Å². The lowest BCUT2D eigenvalue weighted by atomic mass is 10.0. The summed E-state index contributed by atoms with van der Waals surface area (Å²) in [6.07, 6.45) is 2.11. The van der Waals surface area contributed by atoms with Gasteiger partial charge in [0.1, 0.15) is 13.2 Å². The van der Waals surface area contributed by atoms with Crippen molar-refractivity contribution in [1.29, 1.82) is 0 Å². The van der Waals surface area contributed by atoms with Gasteiger partial charge < -0.3 is 19.1 Å². The summed E-state index contributed by atoms with van der Waals surface area (Å²) in [4.78, 5) is 15.3. The van der Waals surface area contributed by atoms with Crippen molar-refractivity contribution in [3.05, 3.63) is 53.1 Å². The molecule has 0 aromatic heterocycles. The summed E-state index contributed by atoms with van der Waals surface area (Å²) in [5, 5.41) is 0. The molecule has 1 fully saturated rings. The van der Waals surface area contributed by atoms with Crippen LogP contribution in [0.15, 0.2) is 36.4 Å². The van der Waals surface area contributed by atoms with Gasteiger partial charge in [0.15, 0.2) is 11.5 Å². The zero-order chi connectivity index (χ0) is 19.7. The Kier molecular flexibility index (Phi) is 5.16. The van der Waals surface area contributed by atoms with Crippen molar-refractivity contribution in [3.8, 4) is 17.2 Å². The van der Waals surface area contributed by atoms with Crippen LogP contribution in [0.5, 0.6) is 17.2 Å². The molecule has 0 atom stereocenters. The predicted molar refractivity (Wildman–Crippen MR) is 107 cm³/mol. The molecule has 28 heavy (non-hydrogen) atoms. The van der Waals surface area contributed by atoms with Crippen molar-refractivity contribution >= 4 is 5.91 Å². The van der Waals surface area contributed by atoms with Crippen molar-refractivity contribution < 1.29 is 19.0 Å². The van der Waals surface area contributed by atoms with Crippen LogP contribution in [0.4, 0.5) is 0 Å². The molecule has 1 amide bonds. The van der Waals surface area contributed by atoms with Crippen LogP contribution in [0, 0.1) is 0 Å². The summed E-state index contributed by atoms with van der Waals surface area (Å²) in [7, 11) is 1.58. The summed E-state index contributed by atoms with van der Waals surface area (Å²) in [5.41, 5.74) is 3.03. The number of amides is 1. The molecule has 1 saturated carbocycles. The highest BCUT2D eigenvalue weighted by Gasteiger charge is 2.34. The van der Waals surface area contributed by atoms with Crippen molar-refractivity contribution in [2.45, 2.75) is 45.2 Å². The molecule has 0 spiro atoms. The normalized spacial score (nSPS) is 15.4. The fourth-order valence-electron chi connectivity index (χ4n) is 3.52. The molecular weight excluding hydrogens is 354 g/mol. The van der Waals surface area contributed by atoms with Crippen LogP contribution in [0.1, 0.15) is 54.1 Å². The topological polar surface area (TPSA) is 48.0 Å². The maximum absolute atomic E-state index is 13.3. The van der Waals surface area contributed by atoms with E-state index in [-0.39, 0.29) is 5.91 Å². The largest absolute Gasteiger partial charge is 0.493 e. The lowest BCUT2D eigenvalue weighted by molar-refractivity contribution is 0.0728. The first-order valence-electron chi connectivity index (χ1n) is 9.94. The first kappa shape index (κ1) is 18.7. The minimum absolute atomic E-state index is 0.00529. The van der Waals surface area contributed by atoms with Gasteiger partial charge in [0, 0.05) is 18.2 Å². The zero-order valence-corrected chi connectivity index (χ0v) is 16.7. The molecule has 2 aromatic rings. The zero-order valence-electron chi connectivity index (χ0n) is 16.7. The molecule has 5 heteroatoms. The summed E-state index contributed by atoms with van der Waals surface area (Å²) >= 11 is 0. The standard InChI is InChI=1S/C23H27NO4/c1-15(2)17-6-4-16(5-7-17)14-24(19-8-9-19)23(25)18-12-20(26-3)22-21(13-18)27-10-11-28-22/h4-7,12-13,15,19H,8-11,14H2,1-3H3. The average molecular weight is 381 g/mol. The van der Waals surface area contributed by atoms with Gasteiger partial charge in [0.05, 0.1) is 7.11 Å². The lowest BCUT2D eigenvalue weighted by Gasteiger charge is -2.25. The molecule has 1 heterocycles. The summed E-state index contributed by atoms with van der Waals surface area (Å²) in [5.74, 6) is 2.20. The Balaban J connectivity index is 1.59. The molecule has 0 radical (unpaired) electrons. The highest BCUT2D eigenvalue weighted by Crippen LogP contribution is 2.41. The Morgan fingerprint density at radius 1 is 1.14 bits per heavy atom. The summed E-state index contributed by atoms with van der Waals surface area (Å²) in [6.45, 7) is 5.94.